The Labute approximate surface area is 174 Å². The monoisotopic (exact) mass is 405 g/mol. The maximum absolute atomic E-state index is 12.8. The number of amides is 2. The zero-order valence-electron chi connectivity index (χ0n) is 16.1. The summed E-state index contributed by atoms with van der Waals surface area (Å²) >= 11 is 1.42. The number of rotatable bonds is 7. The molecule has 1 N–H and O–H groups in total. The largest absolute Gasteiger partial charge is 0.349 e. The van der Waals surface area contributed by atoms with Gasteiger partial charge in [-0.25, -0.2) is 4.98 Å². The summed E-state index contributed by atoms with van der Waals surface area (Å²) in [4.78, 5) is 30.9. The molecule has 2 aromatic carbocycles. The van der Waals surface area contributed by atoms with E-state index >= 15 is 0 Å². The molecule has 6 heteroatoms. The molecule has 1 aromatic heterocycles. The molecule has 0 aliphatic carbocycles. The Kier molecular flexibility index (Phi) is 6.00. The molecule has 29 heavy (non-hydrogen) atoms. The van der Waals surface area contributed by atoms with Gasteiger partial charge >= 0.3 is 0 Å². The van der Waals surface area contributed by atoms with Gasteiger partial charge in [-0.2, -0.15) is 0 Å². The average Bonchev–Trinajstić information content (AvgIpc) is 3.37. The van der Waals surface area contributed by atoms with Crippen LogP contribution in [-0.4, -0.2) is 23.3 Å². The van der Waals surface area contributed by atoms with E-state index in [-0.39, 0.29) is 24.3 Å². The average molecular weight is 406 g/mol. The van der Waals surface area contributed by atoms with Crippen molar-refractivity contribution in [2.45, 2.75) is 31.7 Å². The van der Waals surface area contributed by atoms with Crippen LogP contribution in [0, 0.1) is 0 Å². The van der Waals surface area contributed by atoms with E-state index in [0.29, 0.717) is 23.8 Å². The summed E-state index contributed by atoms with van der Waals surface area (Å²) in [5, 5.41) is 5.73. The fraction of sp³-hybridized carbons (Fsp3) is 0.261. The number of hydrogen-bond acceptors (Lipinski definition) is 4. The molecular weight excluding hydrogens is 382 g/mol. The molecule has 1 unspecified atom stereocenters. The molecule has 148 valence electrons. The predicted molar refractivity (Wildman–Crippen MR) is 115 cm³/mol. The van der Waals surface area contributed by atoms with Gasteiger partial charge in [-0.1, -0.05) is 60.7 Å². The summed E-state index contributed by atoms with van der Waals surface area (Å²) in [7, 11) is 0. The molecule has 1 saturated heterocycles. The number of thiazole rings is 1. The molecule has 0 radical (unpaired) electrons. The number of benzene rings is 2. The Hall–Kier alpha value is -2.99. The van der Waals surface area contributed by atoms with Crippen LogP contribution in [0.4, 0.5) is 5.13 Å². The van der Waals surface area contributed by atoms with E-state index in [4.69, 9.17) is 0 Å². The van der Waals surface area contributed by atoms with Crippen molar-refractivity contribution in [3.05, 3.63) is 82.9 Å². The molecule has 1 aliphatic heterocycles. The van der Waals surface area contributed by atoms with E-state index in [0.717, 1.165) is 18.4 Å². The topological polar surface area (TPSA) is 62.3 Å². The van der Waals surface area contributed by atoms with Crippen molar-refractivity contribution in [3.8, 4) is 0 Å². The zero-order chi connectivity index (χ0) is 20.1. The van der Waals surface area contributed by atoms with Crippen LogP contribution in [-0.2, 0) is 22.4 Å². The van der Waals surface area contributed by atoms with E-state index < -0.39 is 0 Å². The quantitative estimate of drug-likeness (QED) is 0.648. The molecular formula is C23H23N3O2S. The highest BCUT2D eigenvalue weighted by Gasteiger charge is 2.24. The molecule has 0 spiro atoms. The van der Waals surface area contributed by atoms with Gasteiger partial charge in [0.05, 0.1) is 18.2 Å². The lowest BCUT2D eigenvalue weighted by molar-refractivity contribution is -0.121. The maximum Gasteiger partial charge on any atom is 0.228 e. The van der Waals surface area contributed by atoms with Crippen molar-refractivity contribution >= 4 is 28.3 Å². The molecule has 4 rings (SSSR count). The van der Waals surface area contributed by atoms with Gasteiger partial charge < -0.3 is 5.32 Å². The van der Waals surface area contributed by atoms with Crippen LogP contribution in [0.3, 0.4) is 0 Å². The summed E-state index contributed by atoms with van der Waals surface area (Å²) in [6.07, 6.45) is 2.37. The van der Waals surface area contributed by atoms with Crippen molar-refractivity contribution in [1.29, 1.82) is 0 Å². The number of nitrogens with one attached hydrogen (secondary N) is 1. The predicted octanol–water partition coefficient (Wildman–Crippen LogP) is 3.91. The van der Waals surface area contributed by atoms with Gasteiger partial charge in [0.25, 0.3) is 0 Å². The van der Waals surface area contributed by atoms with Gasteiger partial charge in [0.1, 0.15) is 0 Å². The Morgan fingerprint density at radius 1 is 1.10 bits per heavy atom. The van der Waals surface area contributed by atoms with Crippen molar-refractivity contribution in [2.24, 2.45) is 0 Å². The van der Waals surface area contributed by atoms with Crippen LogP contribution in [0.15, 0.2) is 66.0 Å². The maximum atomic E-state index is 12.8. The number of carbonyl (C=O) groups is 2. The molecule has 2 amide bonds. The van der Waals surface area contributed by atoms with Gasteiger partial charge in [0.2, 0.25) is 11.8 Å². The van der Waals surface area contributed by atoms with Crippen molar-refractivity contribution in [1.82, 2.24) is 10.3 Å². The third-order valence-electron chi connectivity index (χ3n) is 5.01. The number of aromatic nitrogens is 1. The van der Waals surface area contributed by atoms with Gasteiger partial charge in [-0.05, 0) is 24.0 Å². The highest BCUT2D eigenvalue weighted by Crippen LogP contribution is 2.25. The van der Waals surface area contributed by atoms with Crippen LogP contribution < -0.4 is 10.2 Å². The number of nitrogens with zero attached hydrogens (tertiary/aromatic N) is 2. The summed E-state index contributed by atoms with van der Waals surface area (Å²) in [5.41, 5.74) is 2.95. The molecule has 5 nitrogen and oxygen atoms in total. The van der Waals surface area contributed by atoms with Gasteiger partial charge in [-0.3, -0.25) is 14.5 Å². The number of carbonyl (C=O) groups excluding carboxylic acids is 2. The van der Waals surface area contributed by atoms with Crippen LogP contribution in [0.2, 0.25) is 0 Å². The van der Waals surface area contributed by atoms with E-state index in [1.54, 1.807) is 4.90 Å². The lowest BCUT2D eigenvalue weighted by atomic mass is 9.98. The Morgan fingerprint density at radius 3 is 2.52 bits per heavy atom. The summed E-state index contributed by atoms with van der Waals surface area (Å²) in [6.45, 7) is 0.713. The summed E-state index contributed by atoms with van der Waals surface area (Å²) < 4.78 is 0. The highest BCUT2D eigenvalue weighted by molar-refractivity contribution is 7.14. The van der Waals surface area contributed by atoms with E-state index in [1.165, 1.54) is 16.9 Å². The first-order chi connectivity index (χ1) is 14.2. The molecule has 1 fully saturated rings. The molecule has 0 bridgehead atoms. The Balaban J connectivity index is 1.44. The third kappa shape index (κ3) is 4.90. The lowest BCUT2D eigenvalue weighted by Gasteiger charge is -2.19. The first-order valence-electron chi connectivity index (χ1n) is 9.82. The minimum absolute atomic E-state index is 0.0700. The standard InChI is InChI=1S/C23H23N3O2S/c27-21(15-19-16-29-23(24-19)26-13-7-12-22(26)28)25-20(18-10-5-2-6-11-18)14-17-8-3-1-4-9-17/h1-6,8-11,16,20H,7,12-15H2,(H,25,27). The normalized spacial score (nSPS) is 14.8. The highest BCUT2D eigenvalue weighted by atomic mass is 32.1. The second kappa shape index (κ2) is 9.01. The lowest BCUT2D eigenvalue weighted by Crippen LogP contribution is -2.31. The van der Waals surface area contributed by atoms with Gasteiger partial charge in [0, 0.05) is 18.3 Å². The first kappa shape index (κ1) is 19.3. The zero-order valence-corrected chi connectivity index (χ0v) is 16.9. The van der Waals surface area contributed by atoms with Crippen molar-refractivity contribution in [2.75, 3.05) is 11.4 Å². The smallest absolute Gasteiger partial charge is 0.228 e. The van der Waals surface area contributed by atoms with Crippen LogP contribution in [0.1, 0.15) is 35.7 Å². The van der Waals surface area contributed by atoms with Crippen LogP contribution in [0.5, 0.6) is 0 Å². The summed E-state index contributed by atoms with van der Waals surface area (Å²) in [5.74, 6) is 0.0433. The Morgan fingerprint density at radius 2 is 1.83 bits per heavy atom. The van der Waals surface area contributed by atoms with Gasteiger partial charge in [-0.15, -0.1) is 11.3 Å². The Bertz CT molecular complexity index is 972. The van der Waals surface area contributed by atoms with Crippen LogP contribution in [0.25, 0.3) is 0 Å². The molecule has 1 aliphatic rings. The summed E-state index contributed by atoms with van der Waals surface area (Å²) in [6, 6.07) is 20.1. The molecule has 0 saturated carbocycles. The molecule has 1 atom stereocenters. The fourth-order valence-electron chi connectivity index (χ4n) is 3.55. The van der Waals surface area contributed by atoms with Crippen molar-refractivity contribution < 1.29 is 9.59 Å². The minimum atomic E-state index is -0.107. The number of anilines is 1. The third-order valence-corrected chi connectivity index (χ3v) is 5.92. The van der Waals surface area contributed by atoms with Crippen molar-refractivity contribution in [3.63, 3.8) is 0 Å². The van der Waals surface area contributed by atoms with E-state index in [1.807, 2.05) is 53.9 Å². The van der Waals surface area contributed by atoms with Gasteiger partial charge in [0.15, 0.2) is 5.13 Å². The first-order valence-corrected chi connectivity index (χ1v) is 10.7. The second-order valence-electron chi connectivity index (χ2n) is 7.17. The van der Waals surface area contributed by atoms with E-state index in [9.17, 15) is 9.59 Å². The number of hydrogen-bond donors (Lipinski definition) is 1. The molecule has 2 heterocycles. The minimum Gasteiger partial charge on any atom is -0.349 e. The fourth-order valence-corrected chi connectivity index (χ4v) is 4.42. The van der Waals surface area contributed by atoms with E-state index in [2.05, 4.69) is 22.4 Å². The SMILES string of the molecule is O=C(Cc1csc(N2CCCC2=O)n1)NC(Cc1ccccc1)c1ccccc1. The second-order valence-corrected chi connectivity index (χ2v) is 8.00. The molecule has 3 aromatic rings. The van der Waals surface area contributed by atoms with Crippen LogP contribution >= 0.6 is 11.3 Å².